The molecule has 0 aromatic carbocycles. The predicted molar refractivity (Wildman–Crippen MR) is 83.2 cm³/mol. The first-order valence-corrected chi connectivity index (χ1v) is 7.80. The summed E-state index contributed by atoms with van der Waals surface area (Å²) in [6, 6.07) is 2.47. The van der Waals surface area contributed by atoms with E-state index in [1.165, 1.54) is 19.3 Å². The molecule has 114 valence electrons. The van der Waals surface area contributed by atoms with Crippen molar-refractivity contribution in [2.24, 2.45) is 5.92 Å². The summed E-state index contributed by atoms with van der Waals surface area (Å²) in [6.45, 7) is 2.02. The van der Waals surface area contributed by atoms with Crippen molar-refractivity contribution < 1.29 is 0 Å². The topological polar surface area (TPSA) is 86.5 Å². The van der Waals surface area contributed by atoms with E-state index >= 15 is 0 Å². The lowest BCUT2D eigenvalue weighted by Crippen LogP contribution is -2.45. The van der Waals surface area contributed by atoms with E-state index in [1.54, 1.807) is 7.05 Å². The summed E-state index contributed by atoms with van der Waals surface area (Å²) in [6.07, 6.45) is 6.43. The number of nitrogens with zero attached hydrogens (tertiary/aromatic N) is 4. The Kier molecular flexibility index (Phi) is 5.18. The molecule has 0 aliphatic heterocycles. The summed E-state index contributed by atoms with van der Waals surface area (Å²) in [7, 11) is 1.72. The lowest BCUT2D eigenvalue weighted by molar-refractivity contribution is 0.265. The van der Waals surface area contributed by atoms with Gasteiger partial charge in [0.1, 0.15) is 5.54 Å². The van der Waals surface area contributed by atoms with Crippen molar-refractivity contribution >= 4 is 23.5 Å². The normalized spacial score (nSPS) is 18.6. The Morgan fingerprint density at radius 2 is 1.90 bits per heavy atom. The molecule has 1 aliphatic rings. The maximum atomic E-state index is 9.75. The molecule has 1 aromatic heterocycles. The zero-order chi connectivity index (χ0) is 15.3. The van der Waals surface area contributed by atoms with Crippen LogP contribution in [0.3, 0.4) is 0 Å². The van der Waals surface area contributed by atoms with Crippen molar-refractivity contribution in [1.82, 2.24) is 15.0 Å². The lowest BCUT2D eigenvalue weighted by atomic mass is 9.74. The molecule has 1 atom stereocenters. The largest absolute Gasteiger partial charge is 0.357 e. The molecule has 0 amide bonds. The molecule has 1 heterocycles. The van der Waals surface area contributed by atoms with E-state index in [0.717, 1.165) is 12.8 Å². The highest BCUT2D eigenvalue weighted by Crippen LogP contribution is 2.36. The fraction of sp³-hybridized carbons (Fsp3) is 0.714. The van der Waals surface area contributed by atoms with E-state index in [1.807, 2.05) is 6.92 Å². The van der Waals surface area contributed by atoms with Crippen molar-refractivity contribution in [2.75, 3.05) is 17.7 Å². The van der Waals surface area contributed by atoms with Gasteiger partial charge in [-0.2, -0.15) is 20.2 Å². The summed E-state index contributed by atoms with van der Waals surface area (Å²) < 4.78 is 0. The Morgan fingerprint density at radius 1 is 1.24 bits per heavy atom. The summed E-state index contributed by atoms with van der Waals surface area (Å²) in [5.74, 6) is 1.06. The highest BCUT2D eigenvalue weighted by molar-refractivity contribution is 6.28. The summed E-state index contributed by atoms with van der Waals surface area (Å²) >= 11 is 5.90. The molecule has 1 saturated carbocycles. The second-order valence-electron chi connectivity index (χ2n) is 5.40. The summed E-state index contributed by atoms with van der Waals surface area (Å²) in [4.78, 5) is 12.3. The van der Waals surface area contributed by atoms with E-state index in [9.17, 15) is 5.26 Å². The Bertz CT molecular complexity index is 523. The standard InChI is InChI=1S/C14H21ClN6/c1-3-14(9-16,10-7-5-4-6-8-10)21-13-19-11(15)18-12(17-2)20-13/h10H,3-8H2,1-2H3,(H2,17,18,19,20,21). The van der Waals surface area contributed by atoms with Crippen LogP contribution in [0.5, 0.6) is 0 Å². The van der Waals surface area contributed by atoms with Crippen LogP contribution >= 0.6 is 11.6 Å². The molecule has 0 spiro atoms. The average Bonchev–Trinajstić information content (AvgIpc) is 2.53. The van der Waals surface area contributed by atoms with Crippen LogP contribution < -0.4 is 10.6 Å². The van der Waals surface area contributed by atoms with Gasteiger partial charge in [-0.25, -0.2) is 0 Å². The second-order valence-corrected chi connectivity index (χ2v) is 5.74. The molecule has 2 rings (SSSR count). The fourth-order valence-corrected chi connectivity index (χ4v) is 3.15. The minimum absolute atomic E-state index is 0.114. The number of rotatable bonds is 5. The average molecular weight is 309 g/mol. The third kappa shape index (κ3) is 3.53. The van der Waals surface area contributed by atoms with Gasteiger partial charge in [0.15, 0.2) is 0 Å². The van der Waals surface area contributed by atoms with Gasteiger partial charge in [0.2, 0.25) is 17.2 Å². The Labute approximate surface area is 130 Å². The molecule has 1 aliphatic carbocycles. The minimum Gasteiger partial charge on any atom is -0.357 e. The minimum atomic E-state index is -0.643. The van der Waals surface area contributed by atoms with Crippen LogP contribution in [0.1, 0.15) is 45.4 Å². The quantitative estimate of drug-likeness (QED) is 0.868. The van der Waals surface area contributed by atoms with Gasteiger partial charge >= 0.3 is 0 Å². The van der Waals surface area contributed by atoms with Crippen molar-refractivity contribution in [3.05, 3.63) is 5.28 Å². The molecule has 2 N–H and O–H groups in total. The van der Waals surface area contributed by atoms with Crippen LogP contribution in [0, 0.1) is 17.2 Å². The number of nitrogens with one attached hydrogen (secondary N) is 2. The molecule has 0 bridgehead atoms. The Morgan fingerprint density at radius 3 is 2.48 bits per heavy atom. The zero-order valence-corrected chi connectivity index (χ0v) is 13.2. The molecule has 1 aromatic rings. The number of aromatic nitrogens is 3. The summed E-state index contributed by atoms with van der Waals surface area (Å²) in [5, 5.41) is 15.9. The van der Waals surface area contributed by atoms with Crippen molar-refractivity contribution in [2.45, 2.75) is 51.0 Å². The zero-order valence-electron chi connectivity index (χ0n) is 12.5. The van der Waals surface area contributed by atoms with Gasteiger partial charge in [-0.3, -0.25) is 0 Å². The van der Waals surface area contributed by atoms with E-state index in [2.05, 4.69) is 31.7 Å². The fourth-order valence-electron chi connectivity index (χ4n) is 2.99. The third-order valence-corrected chi connectivity index (χ3v) is 4.39. The molecule has 6 nitrogen and oxygen atoms in total. The van der Waals surface area contributed by atoms with Gasteiger partial charge in [0.05, 0.1) is 6.07 Å². The SMILES string of the molecule is CCC(C#N)(Nc1nc(Cl)nc(NC)n1)C1CCCCC1. The molecular weight excluding hydrogens is 288 g/mol. The molecule has 1 fully saturated rings. The molecule has 7 heteroatoms. The Hall–Kier alpha value is -1.61. The number of halogens is 1. The lowest BCUT2D eigenvalue weighted by Gasteiger charge is -2.37. The van der Waals surface area contributed by atoms with Crippen LogP contribution in [-0.2, 0) is 0 Å². The van der Waals surface area contributed by atoms with E-state index in [0.29, 0.717) is 24.2 Å². The Balaban J connectivity index is 2.27. The molecule has 0 radical (unpaired) electrons. The first-order chi connectivity index (χ1) is 10.1. The van der Waals surface area contributed by atoms with Crippen LogP contribution in [0.4, 0.5) is 11.9 Å². The van der Waals surface area contributed by atoms with Gasteiger partial charge in [0.25, 0.3) is 0 Å². The maximum Gasteiger partial charge on any atom is 0.230 e. The van der Waals surface area contributed by atoms with Gasteiger partial charge in [0, 0.05) is 7.05 Å². The highest BCUT2D eigenvalue weighted by Gasteiger charge is 2.38. The van der Waals surface area contributed by atoms with Crippen molar-refractivity contribution in [3.8, 4) is 6.07 Å². The highest BCUT2D eigenvalue weighted by atomic mass is 35.5. The van der Waals surface area contributed by atoms with Gasteiger partial charge in [-0.1, -0.05) is 26.2 Å². The first kappa shape index (κ1) is 15.8. The molecular formula is C14H21ClN6. The first-order valence-electron chi connectivity index (χ1n) is 7.42. The smallest absolute Gasteiger partial charge is 0.230 e. The van der Waals surface area contributed by atoms with Gasteiger partial charge < -0.3 is 10.6 Å². The molecule has 0 saturated heterocycles. The number of nitriles is 1. The van der Waals surface area contributed by atoms with E-state index in [4.69, 9.17) is 11.6 Å². The predicted octanol–water partition coefficient (Wildman–Crippen LogP) is 3.23. The van der Waals surface area contributed by atoms with E-state index in [-0.39, 0.29) is 5.28 Å². The summed E-state index contributed by atoms with van der Waals surface area (Å²) in [5.41, 5.74) is -0.643. The number of hydrogen-bond donors (Lipinski definition) is 2. The monoisotopic (exact) mass is 308 g/mol. The van der Waals surface area contributed by atoms with Crippen LogP contribution in [0.2, 0.25) is 5.28 Å². The van der Waals surface area contributed by atoms with Crippen molar-refractivity contribution in [3.63, 3.8) is 0 Å². The van der Waals surface area contributed by atoms with Crippen LogP contribution in [-0.4, -0.2) is 27.5 Å². The van der Waals surface area contributed by atoms with Gasteiger partial charge in [-0.15, -0.1) is 0 Å². The maximum absolute atomic E-state index is 9.75. The van der Waals surface area contributed by atoms with Crippen LogP contribution in [0.15, 0.2) is 0 Å². The second kappa shape index (κ2) is 6.90. The third-order valence-electron chi connectivity index (χ3n) is 4.23. The van der Waals surface area contributed by atoms with Gasteiger partial charge in [-0.05, 0) is 36.8 Å². The number of anilines is 2. The number of hydrogen-bond acceptors (Lipinski definition) is 6. The van der Waals surface area contributed by atoms with E-state index < -0.39 is 5.54 Å². The molecule has 21 heavy (non-hydrogen) atoms. The molecule has 1 unspecified atom stereocenters. The van der Waals surface area contributed by atoms with Crippen LogP contribution in [0.25, 0.3) is 0 Å². The van der Waals surface area contributed by atoms with Crippen molar-refractivity contribution in [1.29, 1.82) is 5.26 Å².